The summed E-state index contributed by atoms with van der Waals surface area (Å²) in [6.07, 6.45) is 3.80. The molecule has 1 aromatic rings. The van der Waals surface area contributed by atoms with E-state index in [4.69, 9.17) is 0 Å². The summed E-state index contributed by atoms with van der Waals surface area (Å²) >= 11 is 1.69. The smallest absolute Gasteiger partial charge is 0.234 e. The van der Waals surface area contributed by atoms with Crippen molar-refractivity contribution in [2.45, 2.75) is 32.7 Å². The SMILES string of the molecule is CCCN(CC(=O)NCc1cccs1)CC1CC1. The second kappa shape index (κ2) is 6.90. The third-order valence-corrected chi connectivity index (χ3v) is 4.04. The number of amides is 1. The average Bonchev–Trinajstić information content (AvgIpc) is 3.00. The van der Waals surface area contributed by atoms with Crippen molar-refractivity contribution in [1.29, 1.82) is 0 Å². The van der Waals surface area contributed by atoms with Crippen molar-refractivity contribution in [2.24, 2.45) is 5.92 Å². The van der Waals surface area contributed by atoms with Gasteiger partial charge in [0.1, 0.15) is 0 Å². The fourth-order valence-corrected chi connectivity index (χ4v) is 2.72. The maximum absolute atomic E-state index is 11.9. The van der Waals surface area contributed by atoms with Crippen LogP contribution >= 0.6 is 11.3 Å². The monoisotopic (exact) mass is 266 g/mol. The quantitative estimate of drug-likeness (QED) is 0.784. The van der Waals surface area contributed by atoms with E-state index in [1.807, 2.05) is 11.4 Å². The Labute approximate surface area is 113 Å². The van der Waals surface area contributed by atoms with Crippen molar-refractivity contribution in [3.8, 4) is 0 Å². The van der Waals surface area contributed by atoms with Crippen LogP contribution in [0.15, 0.2) is 17.5 Å². The second-order valence-electron chi connectivity index (χ2n) is 5.03. The van der Waals surface area contributed by atoms with Gasteiger partial charge in [0.25, 0.3) is 0 Å². The second-order valence-corrected chi connectivity index (χ2v) is 6.07. The van der Waals surface area contributed by atoms with Crippen LogP contribution in [0, 0.1) is 5.92 Å². The Morgan fingerprint density at radius 1 is 1.56 bits per heavy atom. The first-order chi connectivity index (χ1) is 8.78. The van der Waals surface area contributed by atoms with Crippen LogP contribution in [0.4, 0.5) is 0 Å². The maximum Gasteiger partial charge on any atom is 0.234 e. The molecule has 0 radical (unpaired) electrons. The van der Waals surface area contributed by atoms with Crippen LogP contribution in [0.3, 0.4) is 0 Å². The van der Waals surface area contributed by atoms with Gasteiger partial charge in [-0.25, -0.2) is 0 Å². The van der Waals surface area contributed by atoms with Crippen LogP contribution < -0.4 is 5.32 Å². The van der Waals surface area contributed by atoms with Gasteiger partial charge in [0.2, 0.25) is 5.91 Å². The zero-order valence-corrected chi connectivity index (χ0v) is 11.8. The van der Waals surface area contributed by atoms with Crippen molar-refractivity contribution >= 4 is 17.2 Å². The van der Waals surface area contributed by atoms with Gasteiger partial charge in [0.05, 0.1) is 13.1 Å². The van der Waals surface area contributed by atoms with E-state index in [1.165, 1.54) is 17.7 Å². The highest BCUT2D eigenvalue weighted by Crippen LogP contribution is 2.29. The third kappa shape index (κ3) is 4.78. The molecule has 1 N–H and O–H groups in total. The molecule has 0 aliphatic heterocycles. The van der Waals surface area contributed by atoms with Crippen LogP contribution in [-0.2, 0) is 11.3 Å². The first-order valence-electron chi connectivity index (χ1n) is 6.79. The first-order valence-corrected chi connectivity index (χ1v) is 7.67. The number of rotatable bonds is 8. The van der Waals surface area contributed by atoms with Gasteiger partial charge in [-0.15, -0.1) is 11.3 Å². The summed E-state index contributed by atoms with van der Waals surface area (Å²) < 4.78 is 0. The predicted molar refractivity (Wildman–Crippen MR) is 75.6 cm³/mol. The molecule has 0 unspecified atom stereocenters. The van der Waals surface area contributed by atoms with Gasteiger partial charge in [0.15, 0.2) is 0 Å². The van der Waals surface area contributed by atoms with Gasteiger partial charge in [0, 0.05) is 11.4 Å². The number of hydrogen-bond donors (Lipinski definition) is 1. The lowest BCUT2D eigenvalue weighted by molar-refractivity contribution is -0.122. The standard InChI is InChI=1S/C14H22N2OS/c1-2-7-16(10-12-5-6-12)11-14(17)15-9-13-4-3-8-18-13/h3-4,8,12H,2,5-7,9-11H2,1H3,(H,15,17). The molecule has 0 atom stereocenters. The van der Waals surface area contributed by atoms with Crippen molar-refractivity contribution < 1.29 is 4.79 Å². The fraction of sp³-hybridized carbons (Fsp3) is 0.643. The van der Waals surface area contributed by atoms with Crippen molar-refractivity contribution in [2.75, 3.05) is 19.6 Å². The number of hydrogen-bond acceptors (Lipinski definition) is 3. The Morgan fingerprint density at radius 2 is 2.39 bits per heavy atom. The van der Waals surface area contributed by atoms with E-state index >= 15 is 0 Å². The van der Waals surface area contributed by atoms with E-state index in [1.54, 1.807) is 11.3 Å². The Hall–Kier alpha value is -0.870. The molecule has 0 bridgehead atoms. The van der Waals surface area contributed by atoms with Gasteiger partial charge in [-0.1, -0.05) is 13.0 Å². The van der Waals surface area contributed by atoms with E-state index in [0.29, 0.717) is 13.1 Å². The van der Waals surface area contributed by atoms with Gasteiger partial charge in [-0.2, -0.15) is 0 Å². The van der Waals surface area contributed by atoms with Crippen molar-refractivity contribution in [3.63, 3.8) is 0 Å². The van der Waals surface area contributed by atoms with E-state index in [2.05, 4.69) is 23.2 Å². The fourth-order valence-electron chi connectivity index (χ4n) is 2.07. The molecule has 1 aliphatic rings. The number of carbonyl (C=O) groups is 1. The Kier molecular flexibility index (Phi) is 5.20. The Bertz CT molecular complexity index is 360. The topological polar surface area (TPSA) is 32.3 Å². The lowest BCUT2D eigenvalue weighted by Gasteiger charge is -2.20. The molecule has 1 heterocycles. The summed E-state index contributed by atoms with van der Waals surface area (Å²) in [5.74, 6) is 0.999. The summed E-state index contributed by atoms with van der Waals surface area (Å²) in [6.45, 7) is 5.52. The van der Waals surface area contributed by atoms with E-state index in [9.17, 15) is 4.79 Å². The third-order valence-electron chi connectivity index (χ3n) is 3.16. The van der Waals surface area contributed by atoms with Gasteiger partial charge >= 0.3 is 0 Å². The van der Waals surface area contributed by atoms with Gasteiger partial charge < -0.3 is 5.32 Å². The number of thiophene rings is 1. The van der Waals surface area contributed by atoms with Gasteiger partial charge in [-0.05, 0) is 43.2 Å². The summed E-state index contributed by atoms with van der Waals surface area (Å²) in [5.41, 5.74) is 0. The maximum atomic E-state index is 11.9. The Balaban J connectivity index is 1.69. The lowest BCUT2D eigenvalue weighted by atomic mass is 10.3. The van der Waals surface area contributed by atoms with Crippen LogP contribution in [-0.4, -0.2) is 30.4 Å². The van der Waals surface area contributed by atoms with Crippen LogP contribution in [0.1, 0.15) is 31.1 Å². The van der Waals surface area contributed by atoms with E-state index < -0.39 is 0 Å². The zero-order chi connectivity index (χ0) is 12.8. The normalized spacial score (nSPS) is 15.0. The minimum Gasteiger partial charge on any atom is -0.350 e. The molecule has 0 saturated heterocycles. The van der Waals surface area contributed by atoms with Crippen LogP contribution in [0.2, 0.25) is 0 Å². The highest BCUT2D eigenvalue weighted by atomic mass is 32.1. The summed E-state index contributed by atoms with van der Waals surface area (Å²) in [4.78, 5) is 15.4. The van der Waals surface area contributed by atoms with E-state index in [-0.39, 0.29) is 5.91 Å². The largest absolute Gasteiger partial charge is 0.350 e. The first kappa shape index (κ1) is 13.6. The predicted octanol–water partition coefficient (Wildman–Crippen LogP) is 2.49. The molecule has 1 aromatic heterocycles. The molecule has 1 amide bonds. The zero-order valence-electron chi connectivity index (χ0n) is 11.0. The molecule has 18 heavy (non-hydrogen) atoms. The van der Waals surface area contributed by atoms with Crippen LogP contribution in [0.5, 0.6) is 0 Å². The molecule has 4 heteroatoms. The number of carbonyl (C=O) groups excluding carboxylic acids is 1. The molecule has 1 aliphatic carbocycles. The highest BCUT2D eigenvalue weighted by molar-refractivity contribution is 7.09. The van der Waals surface area contributed by atoms with Crippen LogP contribution in [0.25, 0.3) is 0 Å². The molecule has 100 valence electrons. The summed E-state index contributed by atoms with van der Waals surface area (Å²) in [5, 5.41) is 5.04. The number of nitrogens with zero attached hydrogens (tertiary/aromatic N) is 1. The van der Waals surface area contributed by atoms with Gasteiger partial charge in [-0.3, -0.25) is 9.69 Å². The molecule has 0 spiro atoms. The molecule has 2 rings (SSSR count). The molecular formula is C14H22N2OS. The molecule has 3 nitrogen and oxygen atoms in total. The molecule has 1 saturated carbocycles. The molecular weight excluding hydrogens is 244 g/mol. The molecule has 0 aromatic carbocycles. The average molecular weight is 266 g/mol. The number of nitrogens with one attached hydrogen (secondary N) is 1. The van der Waals surface area contributed by atoms with Crippen molar-refractivity contribution in [3.05, 3.63) is 22.4 Å². The minimum atomic E-state index is 0.150. The summed E-state index contributed by atoms with van der Waals surface area (Å²) in [6, 6.07) is 4.07. The van der Waals surface area contributed by atoms with Crippen molar-refractivity contribution in [1.82, 2.24) is 10.2 Å². The highest BCUT2D eigenvalue weighted by Gasteiger charge is 2.24. The van der Waals surface area contributed by atoms with E-state index in [0.717, 1.165) is 25.4 Å². The Morgan fingerprint density at radius 3 is 3.00 bits per heavy atom. The molecule has 1 fully saturated rings. The lowest BCUT2D eigenvalue weighted by Crippen LogP contribution is -2.38. The minimum absolute atomic E-state index is 0.150. The summed E-state index contributed by atoms with van der Waals surface area (Å²) in [7, 11) is 0.